The zero-order valence-electron chi connectivity index (χ0n) is 14.4. The molecule has 0 saturated heterocycles. The van der Waals surface area contributed by atoms with Crippen molar-refractivity contribution in [3.8, 4) is 0 Å². The number of rotatable bonds is 12. The van der Waals surface area contributed by atoms with Crippen LogP contribution in [0.4, 0.5) is 0 Å². The first-order valence-corrected chi connectivity index (χ1v) is 7.88. The summed E-state index contributed by atoms with van der Waals surface area (Å²) in [5.74, 6) is -0.910. The summed E-state index contributed by atoms with van der Waals surface area (Å²) in [5, 5.41) is 7.92. The molecule has 0 aromatic carbocycles. The third kappa shape index (κ3) is 9.85. The molecule has 0 saturated carbocycles. The van der Waals surface area contributed by atoms with Gasteiger partial charge in [0, 0.05) is 20.6 Å². The molecule has 0 unspecified atom stereocenters. The minimum Gasteiger partial charge on any atom is -0.382 e. The fraction of sp³-hybridized carbons (Fsp3) is 0.800. The van der Waals surface area contributed by atoms with Gasteiger partial charge in [-0.15, -0.1) is 0 Å². The van der Waals surface area contributed by atoms with Crippen LogP contribution < -0.4 is 16.0 Å². The summed E-state index contributed by atoms with van der Waals surface area (Å²) >= 11 is 0. The van der Waals surface area contributed by atoms with Gasteiger partial charge in [0.05, 0.1) is 19.8 Å². The molecule has 0 aliphatic heterocycles. The van der Waals surface area contributed by atoms with Crippen molar-refractivity contribution in [3.63, 3.8) is 0 Å². The summed E-state index contributed by atoms with van der Waals surface area (Å²) in [4.78, 5) is 35.2. The fourth-order valence-corrected chi connectivity index (χ4v) is 1.84. The molecule has 0 heterocycles. The molecule has 0 fully saturated rings. The van der Waals surface area contributed by atoms with E-state index in [1.54, 1.807) is 21.0 Å². The lowest BCUT2D eigenvalue weighted by molar-refractivity contribution is -0.131. The third-order valence-corrected chi connectivity index (χ3v) is 3.12. The Hall–Kier alpha value is -1.67. The second-order valence-electron chi connectivity index (χ2n) is 5.03. The van der Waals surface area contributed by atoms with Gasteiger partial charge in [-0.05, 0) is 12.8 Å². The summed E-state index contributed by atoms with van der Waals surface area (Å²) in [5.41, 5.74) is 0. The quantitative estimate of drug-likeness (QED) is 0.421. The van der Waals surface area contributed by atoms with Gasteiger partial charge in [-0.3, -0.25) is 14.4 Å². The van der Waals surface area contributed by atoms with E-state index in [1.165, 1.54) is 6.92 Å². The van der Waals surface area contributed by atoms with E-state index in [-0.39, 0.29) is 17.7 Å². The summed E-state index contributed by atoms with van der Waals surface area (Å²) in [6, 6.07) is -1.27. The van der Waals surface area contributed by atoms with Crippen molar-refractivity contribution in [3.05, 3.63) is 0 Å². The van der Waals surface area contributed by atoms with Crippen LogP contribution in [0.15, 0.2) is 0 Å². The Bertz CT molecular complexity index is 376. The van der Waals surface area contributed by atoms with Crippen LogP contribution in [0.3, 0.4) is 0 Å². The van der Waals surface area contributed by atoms with E-state index in [0.717, 1.165) is 0 Å². The number of hydrogen-bond donors (Lipinski definition) is 3. The molecular weight excluding hydrogens is 302 g/mol. The highest BCUT2D eigenvalue weighted by Crippen LogP contribution is 1.96. The lowest BCUT2D eigenvalue weighted by Crippen LogP contribution is -2.53. The molecule has 0 rings (SSSR count). The highest BCUT2D eigenvalue weighted by atomic mass is 16.5. The number of carbonyl (C=O) groups is 3. The second-order valence-corrected chi connectivity index (χ2v) is 5.03. The number of ether oxygens (including phenoxy) is 2. The van der Waals surface area contributed by atoms with Crippen molar-refractivity contribution < 1.29 is 23.9 Å². The number of methoxy groups -OCH3 is 1. The first kappa shape index (κ1) is 21.3. The fourth-order valence-electron chi connectivity index (χ4n) is 1.84. The second kappa shape index (κ2) is 12.8. The number of nitrogens with one attached hydrogen (secondary N) is 3. The summed E-state index contributed by atoms with van der Waals surface area (Å²) in [6.07, 6.45) is 0.912. The molecule has 23 heavy (non-hydrogen) atoms. The van der Waals surface area contributed by atoms with Gasteiger partial charge in [0.2, 0.25) is 17.7 Å². The molecule has 134 valence electrons. The smallest absolute Gasteiger partial charge is 0.243 e. The van der Waals surface area contributed by atoms with E-state index in [4.69, 9.17) is 9.47 Å². The van der Waals surface area contributed by atoms with Crippen molar-refractivity contribution in [2.24, 2.45) is 0 Å². The number of carbonyl (C=O) groups excluding carboxylic acids is 3. The SMILES string of the molecule is CC[C@H](NC(C)=O)C(=O)N[C@H](CC)C(=O)NCCOCCOC. The Morgan fingerprint density at radius 1 is 0.913 bits per heavy atom. The third-order valence-electron chi connectivity index (χ3n) is 3.12. The molecule has 0 aromatic heterocycles. The molecule has 0 aromatic rings. The van der Waals surface area contributed by atoms with Crippen molar-refractivity contribution >= 4 is 17.7 Å². The first-order valence-electron chi connectivity index (χ1n) is 7.88. The van der Waals surface area contributed by atoms with Crippen LogP contribution in [0.5, 0.6) is 0 Å². The molecule has 0 aliphatic rings. The Balaban J connectivity index is 4.22. The van der Waals surface area contributed by atoms with Crippen LogP contribution in [0.1, 0.15) is 33.6 Å². The van der Waals surface area contributed by atoms with Crippen LogP contribution in [-0.4, -0.2) is 63.3 Å². The van der Waals surface area contributed by atoms with E-state index < -0.39 is 12.1 Å². The number of amides is 3. The zero-order valence-corrected chi connectivity index (χ0v) is 14.4. The molecule has 0 aliphatic carbocycles. The molecule has 8 nitrogen and oxygen atoms in total. The predicted octanol–water partition coefficient (Wildman–Crippen LogP) is -0.425. The van der Waals surface area contributed by atoms with Crippen molar-refractivity contribution in [1.82, 2.24) is 16.0 Å². The molecule has 8 heteroatoms. The van der Waals surface area contributed by atoms with Crippen LogP contribution in [0.25, 0.3) is 0 Å². The molecule has 3 N–H and O–H groups in total. The lowest BCUT2D eigenvalue weighted by atomic mass is 10.1. The summed E-state index contributed by atoms with van der Waals surface area (Å²) in [6.45, 7) is 6.65. The van der Waals surface area contributed by atoms with E-state index in [2.05, 4.69) is 16.0 Å². The van der Waals surface area contributed by atoms with Gasteiger partial charge in [-0.25, -0.2) is 0 Å². The summed E-state index contributed by atoms with van der Waals surface area (Å²) < 4.78 is 10.1. The van der Waals surface area contributed by atoms with Gasteiger partial charge < -0.3 is 25.4 Å². The van der Waals surface area contributed by atoms with E-state index in [9.17, 15) is 14.4 Å². The van der Waals surface area contributed by atoms with E-state index in [1.807, 2.05) is 0 Å². The van der Waals surface area contributed by atoms with Crippen LogP contribution in [-0.2, 0) is 23.9 Å². The minimum absolute atomic E-state index is 0.270. The van der Waals surface area contributed by atoms with Gasteiger partial charge in [-0.1, -0.05) is 13.8 Å². The highest BCUT2D eigenvalue weighted by molar-refractivity contribution is 5.91. The van der Waals surface area contributed by atoms with E-state index >= 15 is 0 Å². The Labute approximate surface area is 137 Å². The Morgan fingerprint density at radius 3 is 2.04 bits per heavy atom. The van der Waals surface area contributed by atoms with Gasteiger partial charge in [-0.2, -0.15) is 0 Å². The normalized spacial score (nSPS) is 13.0. The zero-order chi connectivity index (χ0) is 17.7. The average Bonchev–Trinajstić information content (AvgIpc) is 2.52. The molecule has 0 radical (unpaired) electrons. The largest absolute Gasteiger partial charge is 0.382 e. The minimum atomic E-state index is -0.635. The van der Waals surface area contributed by atoms with Crippen molar-refractivity contribution in [2.75, 3.05) is 33.5 Å². The van der Waals surface area contributed by atoms with Gasteiger partial charge in [0.15, 0.2) is 0 Å². The highest BCUT2D eigenvalue weighted by Gasteiger charge is 2.23. The molecule has 0 spiro atoms. The monoisotopic (exact) mass is 331 g/mol. The first-order chi connectivity index (χ1) is 11.0. The predicted molar refractivity (Wildman–Crippen MR) is 85.8 cm³/mol. The topological polar surface area (TPSA) is 106 Å². The summed E-state index contributed by atoms with van der Waals surface area (Å²) in [7, 11) is 1.59. The maximum atomic E-state index is 12.1. The van der Waals surface area contributed by atoms with E-state index in [0.29, 0.717) is 39.2 Å². The number of hydrogen-bond acceptors (Lipinski definition) is 5. The molecule has 3 amide bonds. The van der Waals surface area contributed by atoms with Crippen molar-refractivity contribution in [1.29, 1.82) is 0 Å². The Morgan fingerprint density at radius 2 is 1.52 bits per heavy atom. The maximum absolute atomic E-state index is 12.1. The standard InChI is InChI=1S/C15H29N3O5/c1-5-12(14(20)16-7-8-23-10-9-22-4)18-15(21)13(6-2)17-11(3)19/h12-13H,5-10H2,1-4H3,(H,16,20)(H,17,19)(H,18,21)/t12-,13+/m1/s1. The van der Waals surface area contributed by atoms with Gasteiger partial charge in [0.25, 0.3) is 0 Å². The lowest BCUT2D eigenvalue weighted by Gasteiger charge is -2.21. The Kier molecular flexibility index (Phi) is 11.9. The molecule has 0 bridgehead atoms. The van der Waals surface area contributed by atoms with Gasteiger partial charge in [0.1, 0.15) is 12.1 Å². The molecular formula is C15H29N3O5. The average molecular weight is 331 g/mol. The van der Waals surface area contributed by atoms with Crippen LogP contribution >= 0.6 is 0 Å². The maximum Gasteiger partial charge on any atom is 0.243 e. The van der Waals surface area contributed by atoms with Crippen LogP contribution in [0.2, 0.25) is 0 Å². The van der Waals surface area contributed by atoms with Crippen LogP contribution in [0, 0.1) is 0 Å². The van der Waals surface area contributed by atoms with Gasteiger partial charge >= 0.3 is 0 Å². The van der Waals surface area contributed by atoms with Crippen molar-refractivity contribution in [2.45, 2.75) is 45.7 Å². The molecule has 2 atom stereocenters.